The summed E-state index contributed by atoms with van der Waals surface area (Å²) in [6, 6.07) is 5.60. The van der Waals surface area contributed by atoms with Crippen LogP contribution in [0.3, 0.4) is 0 Å². The molecular weight excluding hydrogens is 358 g/mol. The molecule has 0 aliphatic carbocycles. The first kappa shape index (κ1) is 16.5. The van der Waals surface area contributed by atoms with Gasteiger partial charge in [0.05, 0.1) is 34.2 Å². The van der Waals surface area contributed by atoms with Gasteiger partial charge in [-0.3, -0.25) is 9.78 Å². The van der Waals surface area contributed by atoms with Gasteiger partial charge in [-0.2, -0.15) is 14.5 Å². The molecule has 25 heavy (non-hydrogen) atoms. The molecule has 0 spiro atoms. The fraction of sp³-hybridized carbons (Fsp3) is 0.375. The Kier molecular flexibility index (Phi) is 3.82. The van der Waals surface area contributed by atoms with Gasteiger partial charge in [-0.25, -0.2) is 8.42 Å². The third-order valence-corrected chi connectivity index (χ3v) is 7.51. The molecule has 0 aromatic carbocycles. The minimum atomic E-state index is -3.54. The number of sulfonamides is 1. The van der Waals surface area contributed by atoms with Gasteiger partial charge >= 0.3 is 0 Å². The number of aromatic amines is 1. The van der Waals surface area contributed by atoms with Crippen molar-refractivity contribution < 1.29 is 8.42 Å². The fourth-order valence-corrected chi connectivity index (χ4v) is 6.05. The third kappa shape index (κ3) is 2.82. The van der Waals surface area contributed by atoms with Crippen molar-refractivity contribution in [2.24, 2.45) is 0 Å². The molecule has 1 aliphatic rings. The minimum Gasteiger partial charge on any atom is -0.282 e. The van der Waals surface area contributed by atoms with Crippen LogP contribution in [0.4, 0.5) is 0 Å². The number of H-pyrrole nitrogens is 1. The van der Waals surface area contributed by atoms with Crippen molar-refractivity contribution in [1.82, 2.24) is 24.3 Å². The lowest BCUT2D eigenvalue weighted by Crippen LogP contribution is -2.38. The molecule has 0 amide bonds. The van der Waals surface area contributed by atoms with E-state index in [-0.39, 0.29) is 0 Å². The van der Waals surface area contributed by atoms with Gasteiger partial charge in [0, 0.05) is 17.1 Å². The number of nitrogens with zero attached hydrogens (tertiary/aromatic N) is 4. The van der Waals surface area contributed by atoms with Crippen molar-refractivity contribution in [2.45, 2.75) is 38.8 Å². The second-order valence-corrected chi connectivity index (χ2v) is 9.47. The van der Waals surface area contributed by atoms with Crippen molar-refractivity contribution in [3.63, 3.8) is 0 Å². The summed E-state index contributed by atoms with van der Waals surface area (Å²) < 4.78 is 29.7. The Morgan fingerprint density at radius 1 is 1.16 bits per heavy atom. The quantitative estimate of drug-likeness (QED) is 0.760. The van der Waals surface area contributed by atoms with Crippen LogP contribution in [-0.2, 0) is 23.1 Å². The number of rotatable bonds is 3. The van der Waals surface area contributed by atoms with E-state index in [1.54, 1.807) is 6.07 Å². The zero-order valence-electron chi connectivity index (χ0n) is 14.3. The van der Waals surface area contributed by atoms with E-state index in [9.17, 15) is 8.42 Å². The van der Waals surface area contributed by atoms with Gasteiger partial charge in [-0.05, 0) is 39.0 Å². The number of aryl methyl sites for hydroxylation is 3. The Balaban J connectivity index is 1.68. The zero-order chi connectivity index (χ0) is 17.8. The Bertz CT molecular complexity index is 1040. The normalized spacial score (nSPS) is 15.5. The molecule has 0 saturated carbocycles. The molecule has 9 heteroatoms. The molecule has 7 nitrogen and oxygen atoms in total. The predicted octanol–water partition coefficient (Wildman–Crippen LogP) is 2.46. The Labute approximate surface area is 150 Å². The maximum absolute atomic E-state index is 13.1. The highest BCUT2D eigenvalue weighted by molar-refractivity contribution is 7.89. The Morgan fingerprint density at radius 3 is 2.68 bits per heavy atom. The molecule has 4 heterocycles. The Hall–Kier alpha value is -1.97. The van der Waals surface area contributed by atoms with E-state index >= 15 is 0 Å². The van der Waals surface area contributed by atoms with Crippen LogP contribution in [0.5, 0.6) is 0 Å². The molecule has 0 bridgehead atoms. The molecule has 4 rings (SSSR count). The van der Waals surface area contributed by atoms with Gasteiger partial charge in [0.15, 0.2) is 0 Å². The maximum atomic E-state index is 13.1. The highest BCUT2D eigenvalue weighted by Gasteiger charge is 2.31. The van der Waals surface area contributed by atoms with E-state index in [2.05, 4.69) is 15.3 Å². The van der Waals surface area contributed by atoms with Gasteiger partial charge in [0.25, 0.3) is 0 Å². The lowest BCUT2D eigenvalue weighted by atomic mass is 10.3. The molecule has 3 aromatic heterocycles. The summed E-state index contributed by atoms with van der Waals surface area (Å²) in [7, 11) is -3.54. The van der Waals surface area contributed by atoms with Gasteiger partial charge < -0.3 is 0 Å². The summed E-state index contributed by atoms with van der Waals surface area (Å²) in [5.41, 5.74) is 3.57. The summed E-state index contributed by atoms with van der Waals surface area (Å²) >= 11 is 1.46. The molecule has 0 fully saturated rings. The predicted molar refractivity (Wildman–Crippen MR) is 95.9 cm³/mol. The largest absolute Gasteiger partial charge is 0.282 e. The molecule has 0 radical (unpaired) electrons. The molecular formula is C16H19N5O2S2. The fourth-order valence-electron chi connectivity index (χ4n) is 3.12. The Morgan fingerprint density at radius 2 is 1.96 bits per heavy atom. The summed E-state index contributed by atoms with van der Waals surface area (Å²) in [5, 5.41) is 11.5. The van der Waals surface area contributed by atoms with E-state index in [0.717, 1.165) is 32.5 Å². The second kappa shape index (κ2) is 5.79. The number of hydrogen-bond acceptors (Lipinski definition) is 5. The molecule has 1 N–H and O–H groups in total. The standard InChI is InChI=1S/C16H19N5O2S2/c1-10-7-14(18-17-10)15-8-16(12(3)24-15)25(22,23)20-4-5-21-13(9-20)6-11(2)19-21/h6-8H,4-5,9H2,1-3H3,(H,17,18). The lowest BCUT2D eigenvalue weighted by molar-refractivity contribution is 0.326. The van der Waals surface area contributed by atoms with Crippen LogP contribution in [-0.4, -0.2) is 39.2 Å². The first-order valence-electron chi connectivity index (χ1n) is 8.01. The number of aromatic nitrogens is 4. The van der Waals surface area contributed by atoms with Gasteiger partial charge in [0.1, 0.15) is 5.69 Å². The zero-order valence-corrected chi connectivity index (χ0v) is 15.9. The first-order valence-corrected chi connectivity index (χ1v) is 10.3. The van der Waals surface area contributed by atoms with Crippen LogP contribution >= 0.6 is 11.3 Å². The third-order valence-electron chi connectivity index (χ3n) is 4.33. The summed E-state index contributed by atoms with van der Waals surface area (Å²) in [4.78, 5) is 2.02. The van der Waals surface area contributed by atoms with Gasteiger partial charge in [-0.1, -0.05) is 0 Å². The SMILES string of the molecule is Cc1cc2n(n1)CCN(S(=O)(=O)c1cc(-c3cc(C)[nH]n3)sc1C)C2. The summed E-state index contributed by atoms with van der Waals surface area (Å²) in [6.07, 6.45) is 0. The smallest absolute Gasteiger partial charge is 0.244 e. The lowest BCUT2D eigenvalue weighted by Gasteiger charge is -2.26. The first-order chi connectivity index (χ1) is 11.8. The van der Waals surface area contributed by atoms with Crippen LogP contribution in [0.1, 0.15) is 22.0 Å². The number of thiophene rings is 1. The van der Waals surface area contributed by atoms with Crippen LogP contribution in [0.2, 0.25) is 0 Å². The van der Waals surface area contributed by atoms with E-state index in [1.807, 2.05) is 37.6 Å². The molecule has 132 valence electrons. The van der Waals surface area contributed by atoms with Crippen LogP contribution in [0.15, 0.2) is 23.1 Å². The van der Waals surface area contributed by atoms with E-state index < -0.39 is 10.0 Å². The van der Waals surface area contributed by atoms with Crippen LogP contribution in [0.25, 0.3) is 10.6 Å². The number of fused-ring (bicyclic) bond motifs is 1. The molecule has 0 saturated heterocycles. The average Bonchev–Trinajstić information content (AvgIpc) is 3.23. The number of hydrogen-bond donors (Lipinski definition) is 1. The van der Waals surface area contributed by atoms with Crippen LogP contribution in [0, 0.1) is 20.8 Å². The van der Waals surface area contributed by atoms with E-state index in [1.165, 1.54) is 15.6 Å². The monoisotopic (exact) mass is 377 g/mol. The average molecular weight is 377 g/mol. The minimum absolute atomic E-state index is 0.356. The summed E-state index contributed by atoms with van der Waals surface area (Å²) in [6.45, 7) is 7.06. The van der Waals surface area contributed by atoms with E-state index in [0.29, 0.717) is 24.5 Å². The molecule has 1 aliphatic heterocycles. The highest BCUT2D eigenvalue weighted by atomic mass is 32.2. The van der Waals surface area contributed by atoms with Gasteiger partial charge in [0.2, 0.25) is 10.0 Å². The number of nitrogens with one attached hydrogen (secondary N) is 1. The molecule has 0 unspecified atom stereocenters. The van der Waals surface area contributed by atoms with E-state index in [4.69, 9.17) is 0 Å². The van der Waals surface area contributed by atoms with Crippen molar-refractivity contribution in [1.29, 1.82) is 0 Å². The van der Waals surface area contributed by atoms with Crippen molar-refractivity contribution in [3.05, 3.63) is 40.2 Å². The molecule has 0 atom stereocenters. The van der Waals surface area contributed by atoms with Gasteiger partial charge in [-0.15, -0.1) is 11.3 Å². The van der Waals surface area contributed by atoms with Crippen molar-refractivity contribution in [3.8, 4) is 10.6 Å². The summed E-state index contributed by atoms with van der Waals surface area (Å²) in [5.74, 6) is 0. The topological polar surface area (TPSA) is 83.9 Å². The maximum Gasteiger partial charge on any atom is 0.244 e. The molecule has 3 aromatic rings. The van der Waals surface area contributed by atoms with Crippen molar-refractivity contribution >= 4 is 21.4 Å². The highest BCUT2D eigenvalue weighted by Crippen LogP contribution is 2.35. The second-order valence-electron chi connectivity index (χ2n) is 6.31. The van der Waals surface area contributed by atoms with Crippen molar-refractivity contribution in [2.75, 3.05) is 6.54 Å². The van der Waals surface area contributed by atoms with Crippen LogP contribution < -0.4 is 0 Å².